The van der Waals surface area contributed by atoms with Crippen LogP contribution in [0.25, 0.3) is 0 Å². The van der Waals surface area contributed by atoms with E-state index in [9.17, 15) is 9.59 Å². The topological polar surface area (TPSA) is 63.6 Å². The minimum atomic E-state index is -0.812. The Morgan fingerprint density at radius 2 is 1.40 bits per heavy atom. The van der Waals surface area contributed by atoms with Gasteiger partial charge in [0, 0.05) is 12.8 Å². The van der Waals surface area contributed by atoms with E-state index < -0.39 is 5.97 Å². The van der Waals surface area contributed by atoms with Crippen LogP contribution in [0.15, 0.2) is 0 Å². The summed E-state index contributed by atoms with van der Waals surface area (Å²) in [7, 11) is 0. The monoisotopic (exact) mass is 288 g/mol. The predicted molar refractivity (Wildman–Crippen MR) is 81.8 cm³/mol. The fourth-order valence-corrected chi connectivity index (χ4v) is 1.33. The van der Waals surface area contributed by atoms with Crippen molar-refractivity contribution in [3.05, 3.63) is 0 Å². The number of hydrogen-bond acceptors (Lipinski definition) is 3. The first kappa shape index (κ1) is 21.2. The maximum absolute atomic E-state index is 11.2. The Bertz CT molecular complexity index is 225. The zero-order valence-corrected chi connectivity index (χ0v) is 13.5. The largest absolute Gasteiger partial charge is 0.481 e. The van der Waals surface area contributed by atoms with Crippen LogP contribution in [0.1, 0.15) is 85.0 Å². The Balaban J connectivity index is 0. The Kier molecular flexibility index (Phi) is 19.1. The van der Waals surface area contributed by atoms with Crippen LogP contribution >= 0.6 is 0 Å². The highest BCUT2D eigenvalue weighted by Crippen LogP contribution is 2.03. The molecular formula is C16H32O4. The van der Waals surface area contributed by atoms with Crippen LogP contribution in [0.2, 0.25) is 0 Å². The Morgan fingerprint density at radius 1 is 0.800 bits per heavy atom. The van der Waals surface area contributed by atoms with Crippen LogP contribution in [-0.2, 0) is 14.3 Å². The quantitative estimate of drug-likeness (QED) is 0.447. The van der Waals surface area contributed by atoms with Gasteiger partial charge in [-0.05, 0) is 19.3 Å². The summed E-state index contributed by atoms with van der Waals surface area (Å²) in [4.78, 5) is 21.4. The normalized spacial score (nSPS) is 9.55. The maximum Gasteiger partial charge on any atom is 0.305 e. The summed E-state index contributed by atoms with van der Waals surface area (Å²) in [6.45, 7) is 6.99. The number of aliphatic carboxylic acids is 1. The number of carboxylic acids is 1. The molecule has 0 amide bonds. The van der Waals surface area contributed by atoms with E-state index in [1.54, 1.807) is 0 Å². The van der Waals surface area contributed by atoms with Gasteiger partial charge in [-0.15, -0.1) is 0 Å². The summed E-state index contributed by atoms with van der Waals surface area (Å²) in [5, 5.41) is 8.39. The van der Waals surface area contributed by atoms with Crippen LogP contribution in [0.4, 0.5) is 0 Å². The molecule has 0 unspecified atom stereocenters. The third-order valence-corrected chi connectivity index (χ3v) is 2.78. The molecule has 0 atom stereocenters. The summed E-state index contributed by atoms with van der Waals surface area (Å²) in [6.07, 6.45) is 8.61. The Labute approximate surface area is 123 Å². The minimum Gasteiger partial charge on any atom is -0.481 e. The summed E-state index contributed by atoms with van der Waals surface area (Å²) in [5.74, 6) is -1.02. The number of carbonyl (C=O) groups excluding carboxylic acids is 1. The molecule has 0 aliphatic heterocycles. The number of carbonyl (C=O) groups is 2. The molecule has 4 heteroatoms. The van der Waals surface area contributed by atoms with Gasteiger partial charge in [-0.3, -0.25) is 9.59 Å². The van der Waals surface area contributed by atoms with E-state index in [0.29, 0.717) is 25.9 Å². The van der Waals surface area contributed by atoms with Gasteiger partial charge in [0.15, 0.2) is 0 Å². The van der Waals surface area contributed by atoms with Gasteiger partial charge in [0.1, 0.15) is 0 Å². The zero-order valence-electron chi connectivity index (χ0n) is 13.5. The molecule has 0 fully saturated rings. The number of hydrogen-bond donors (Lipinski definition) is 1. The van der Waals surface area contributed by atoms with Crippen molar-refractivity contribution in [1.29, 1.82) is 0 Å². The zero-order chi connectivity index (χ0) is 15.6. The Hall–Kier alpha value is -1.06. The minimum absolute atomic E-state index is 0.129. The molecule has 0 bridgehead atoms. The van der Waals surface area contributed by atoms with E-state index in [1.807, 2.05) is 0 Å². The predicted octanol–water partition coefficient (Wildman–Crippen LogP) is 4.56. The SMILES string of the molecule is CCCC.CCCCCCOC(=O)CCCCC(=O)O. The van der Waals surface area contributed by atoms with Crippen LogP contribution < -0.4 is 0 Å². The van der Waals surface area contributed by atoms with Crippen molar-refractivity contribution in [3.8, 4) is 0 Å². The highest BCUT2D eigenvalue weighted by Gasteiger charge is 2.03. The molecule has 120 valence electrons. The molecule has 0 saturated carbocycles. The fourth-order valence-electron chi connectivity index (χ4n) is 1.33. The van der Waals surface area contributed by atoms with Gasteiger partial charge in [-0.2, -0.15) is 0 Å². The second-order valence-corrected chi connectivity index (χ2v) is 4.88. The van der Waals surface area contributed by atoms with E-state index in [4.69, 9.17) is 9.84 Å². The van der Waals surface area contributed by atoms with Crippen LogP contribution in [0.3, 0.4) is 0 Å². The number of unbranched alkanes of at least 4 members (excludes halogenated alkanes) is 5. The molecule has 0 aromatic rings. The lowest BCUT2D eigenvalue weighted by Crippen LogP contribution is -2.06. The van der Waals surface area contributed by atoms with Gasteiger partial charge in [0.25, 0.3) is 0 Å². The first-order valence-electron chi connectivity index (χ1n) is 7.95. The van der Waals surface area contributed by atoms with Crippen LogP contribution in [0, 0.1) is 0 Å². The molecular weight excluding hydrogens is 256 g/mol. The molecule has 0 heterocycles. The number of carboxylic acid groups (broad SMARTS) is 1. The van der Waals surface area contributed by atoms with Crippen molar-refractivity contribution in [2.24, 2.45) is 0 Å². The van der Waals surface area contributed by atoms with E-state index in [0.717, 1.165) is 12.8 Å². The Morgan fingerprint density at radius 3 is 1.90 bits per heavy atom. The molecule has 0 rings (SSSR count). The first-order valence-corrected chi connectivity index (χ1v) is 7.95. The third kappa shape index (κ3) is 22.1. The van der Waals surface area contributed by atoms with Gasteiger partial charge in [-0.1, -0.05) is 52.9 Å². The molecule has 0 saturated heterocycles. The second kappa shape index (κ2) is 17.9. The lowest BCUT2D eigenvalue weighted by atomic mass is 10.2. The molecule has 0 spiro atoms. The van der Waals surface area contributed by atoms with Gasteiger partial charge in [-0.25, -0.2) is 0 Å². The lowest BCUT2D eigenvalue weighted by Gasteiger charge is -2.03. The molecule has 0 aliphatic carbocycles. The van der Waals surface area contributed by atoms with Crippen molar-refractivity contribution < 1.29 is 19.4 Å². The third-order valence-electron chi connectivity index (χ3n) is 2.78. The molecule has 0 radical (unpaired) electrons. The van der Waals surface area contributed by atoms with E-state index in [-0.39, 0.29) is 12.4 Å². The number of esters is 1. The molecule has 0 aromatic carbocycles. The number of ether oxygens (including phenoxy) is 1. The van der Waals surface area contributed by atoms with Crippen LogP contribution in [-0.4, -0.2) is 23.7 Å². The van der Waals surface area contributed by atoms with Crippen molar-refractivity contribution in [2.45, 2.75) is 85.0 Å². The molecule has 20 heavy (non-hydrogen) atoms. The smallest absolute Gasteiger partial charge is 0.305 e. The second-order valence-electron chi connectivity index (χ2n) is 4.88. The van der Waals surface area contributed by atoms with Gasteiger partial charge >= 0.3 is 11.9 Å². The lowest BCUT2D eigenvalue weighted by molar-refractivity contribution is -0.144. The van der Waals surface area contributed by atoms with Crippen molar-refractivity contribution in [2.75, 3.05) is 6.61 Å². The molecule has 1 N–H and O–H groups in total. The van der Waals surface area contributed by atoms with Gasteiger partial charge in [0.2, 0.25) is 0 Å². The average Bonchev–Trinajstić information content (AvgIpc) is 2.43. The van der Waals surface area contributed by atoms with E-state index in [1.165, 1.54) is 25.7 Å². The molecule has 0 aromatic heterocycles. The summed E-state index contributed by atoms with van der Waals surface area (Å²) in [5.41, 5.74) is 0. The van der Waals surface area contributed by atoms with E-state index >= 15 is 0 Å². The summed E-state index contributed by atoms with van der Waals surface area (Å²) >= 11 is 0. The average molecular weight is 288 g/mol. The first-order chi connectivity index (χ1) is 9.58. The van der Waals surface area contributed by atoms with Gasteiger partial charge in [0.05, 0.1) is 6.61 Å². The summed E-state index contributed by atoms with van der Waals surface area (Å²) < 4.78 is 5.01. The van der Waals surface area contributed by atoms with Crippen molar-refractivity contribution in [3.63, 3.8) is 0 Å². The van der Waals surface area contributed by atoms with Gasteiger partial charge < -0.3 is 9.84 Å². The van der Waals surface area contributed by atoms with Crippen LogP contribution in [0.5, 0.6) is 0 Å². The molecule has 4 nitrogen and oxygen atoms in total. The molecule has 0 aliphatic rings. The summed E-state index contributed by atoms with van der Waals surface area (Å²) in [6, 6.07) is 0. The number of rotatable bonds is 11. The fraction of sp³-hybridized carbons (Fsp3) is 0.875. The maximum atomic E-state index is 11.2. The highest BCUT2D eigenvalue weighted by atomic mass is 16.5. The van der Waals surface area contributed by atoms with Crippen molar-refractivity contribution in [1.82, 2.24) is 0 Å². The van der Waals surface area contributed by atoms with Crippen molar-refractivity contribution >= 4 is 11.9 Å². The van der Waals surface area contributed by atoms with E-state index in [2.05, 4.69) is 20.8 Å². The standard InChI is InChI=1S/C12H22O4.C4H10/c1-2-3-4-7-10-16-12(15)9-6-5-8-11(13)14;1-3-4-2/h2-10H2,1H3,(H,13,14);3-4H2,1-2H3. The highest BCUT2D eigenvalue weighted by molar-refractivity contribution is 5.69.